The van der Waals surface area contributed by atoms with Crippen LogP contribution in [-0.4, -0.2) is 42.1 Å². The van der Waals surface area contributed by atoms with Crippen LogP contribution in [0.3, 0.4) is 0 Å². The van der Waals surface area contributed by atoms with Gasteiger partial charge in [-0.2, -0.15) is 0 Å². The number of ether oxygens (including phenoxy) is 1. The van der Waals surface area contributed by atoms with E-state index in [2.05, 4.69) is 49.4 Å². The van der Waals surface area contributed by atoms with Crippen molar-refractivity contribution in [3.05, 3.63) is 103 Å². The van der Waals surface area contributed by atoms with Gasteiger partial charge in [-0.15, -0.1) is 0 Å². The molecule has 0 saturated carbocycles. The van der Waals surface area contributed by atoms with Gasteiger partial charge in [-0.3, -0.25) is 4.79 Å². The second-order valence-corrected chi connectivity index (χ2v) is 7.94. The molecule has 1 fully saturated rings. The molecule has 2 heterocycles. The average Bonchev–Trinajstić information content (AvgIpc) is 2.90. The predicted octanol–water partition coefficient (Wildman–Crippen LogP) is 4.85. The van der Waals surface area contributed by atoms with Gasteiger partial charge in [0.1, 0.15) is 29.5 Å². The first kappa shape index (κ1) is 21.5. The van der Waals surface area contributed by atoms with E-state index in [9.17, 15) is 4.79 Å². The van der Waals surface area contributed by atoms with Crippen molar-refractivity contribution in [2.75, 3.05) is 41.3 Å². The van der Waals surface area contributed by atoms with Crippen LogP contribution >= 0.6 is 0 Å². The van der Waals surface area contributed by atoms with Crippen LogP contribution in [0.25, 0.3) is 0 Å². The Bertz CT molecular complexity index is 1240. The van der Waals surface area contributed by atoms with Gasteiger partial charge in [-0.25, -0.2) is 9.97 Å². The maximum Gasteiger partial charge on any atom is 0.260 e. The molecule has 1 aromatic heterocycles. The molecule has 0 atom stereocenters. The van der Waals surface area contributed by atoms with E-state index in [1.54, 1.807) is 12.1 Å². The second kappa shape index (κ2) is 10.0. The van der Waals surface area contributed by atoms with Gasteiger partial charge in [0, 0.05) is 37.9 Å². The summed E-state index contributed by atoms with van der Waals surface area (Å²) < 4.78 is 5.93. The first-order valence-corrected chi connectivity index (χ1v) is 11.3. The first-order valence-electron chi connectivity index (χ1n) is 11.3. The molecule has 34 heavy (non-hydrogen) atoms. The summed E-state index contributed by atoms with van der Waals surface area (Å²) in [5, 5.41) is 2.89. The van der Waals surface area contributed by atoms with Crippen molar-refractivity contribution in [3.63, 3.8) is 0 Å². The van der Waals surface area contributed by atoms with E-state index >= 15 is 0 Å². The second-order valence-electron chi connectivity index (χ2n) is 7.94. The van der Waals surface area contributed by atoms with Crippen LogP contribution in [0, 0.1) is 0 Å². The molecule has 4 aromatic rings. The molecule has 0 bridgehead atoms. The molecule has 0 aliphatic carbocycles. The minimum Gasteiger partial charge on any atom is -0.457 e. The lowest BCUT2D eigenvalue weighted by atomic mass is 10.2. The number of para-hydroxylation sites is 3. The first-order chi connectivity index (χ1) is 16.8. The minimum absolute atomic E-state index is 0.287. The van der Waals surface area contributed by atoms with Crippen LogP contribution < -0.4 is 19.9 Å². The third kappa shape index (κ3) is 4.99. The Balaban J connectivity index is 1.26. The quantitative estimate of drug-likeness (QED) is 0.452. The largest absolute Gasteiger partial charge is 0.457 e. The van der Waals surface area contributed by atoms with Crippen LogP contribution in [0.15, 0.2) is 97.3 Å². The highest BCUT2D eigenvalue weighted by atomic mass is 16.5. The van der Waals surface area contributed by atoms with Crippen LogP contribution in [-0.2, 0) is 0 Å². The van der Waals surface area contributed by atoms with E-state index in [0.29, 0.717) is 22.9 Å². The maximum atomic E-state index is 13.0. The van der Waals surface area contributed by atoms with E-state index in [1.807, 2.05) is 54.6 Å². The lowest BCUT2D eigenvalue weighted by molar-refractivity contribution is 0.102. The van der Waals surface area contributed by atoms with Crippen molar-refractivity contribution in [2.45, 2.75) is 0 Å². The van der Waals surface area contributed by atoms with Gasteiger partial charge >= 0.3 is 0 Å². The number of rotatable bonds is 6. The summed E-state index contributed by atoms with van der Waals surface area (Å²) in [4.78, 5) is 26.3. The topological polar surface area (TPSA) is 70.6 Å². The average molecular weight is 452 g/mol. The fourth-order valence-electron chi connectivity index (χ4n) is 3.96. The Morgan fingerprint density at radius 2 is 1.41 bits per heavy atom. The summed E-state index contributed by atoms with van der Waals surface area (Å²) in [7, 11) is 0. The molecule has 3 aromatic carbocycles. The monoisotopic (exact) mass is 451 g/mol. The van der Waals surface area contributed by atoms with Crippen molar-refractivity contribution >= 4 is 23.2 Å². The van der Waals surface area contributed by atoms with Crippen molar-refractivity contribution in [3.8, 4) is 11.5 Å². The summed E-state index contributed by atoms with van der Waals surface area (Å²) >= 11 is 0. The number of piperazine rings is 1. The Morgan fingerprint density at radius 3 is 2.18 bits per heavy atom. The highest BCUT2D eigenvalue weighted by Crippen LogP contribution is 2.26. The number of carbonyl (C=O) groups is 1. The van der Waals surface area contributed by atoms with Crippen molar-refractivity contribution in [1.29, 1.82) is 0 Å². The smallest absolute Gasteiger partial charge is 0.260 e. The third-order valence-electron chi connectivity index (χ3n) is 5.72. The van der Waals surface area contributed by atoms with Gasteiger partial charge in [0.05, 0.1) is 5.56 Å². The predicted molar refractivity (Wildman–Crippen MR) is 134 cm³/mol. The van der Waals surface area contributed by atoms with Gasteiger partial charge in [0.2, 0.25) is 0 Å². The molecule has 7 heteroatoms. The number of benzene rings is 3. The normalized spacial score (nSPS) is 13.4. The number of amides is 1. The minimum atomic E-state index is -0.287. The van der Waals surface area contributed by atoms with Crippen molar-refractivity contribution in [2.24, 2.45) is 0 Å². The zero-order chi connectivity index (χ0) is 23.2. The van der Waals surface area contributed by atoms with Gasteiger partial charge in [0.15, 0.2) is 0 Å². The summed E-state index contributed by atoms with van der Waals surface area (Å²) in [6.07, 6.45) is 1.49. The highest BCUT2D eigenvalue weighted by Gasteiger charge is 2.19. The molecule has 7 nitrogen and oxygen atoms in total. The summed E-state index contributed by atoms with van der Waals surface area (Å²) in [6, 6.07) is 28.8. The van der Waals surface area contributed by atoms with Gasteiger partial charge < -0.3 is 19.9 Å². The van der Waals surface area contributed by atoms with Crippen LogP contribution in [0.2, 0.25) is 0 Å². The molecule has 1 amide bonds. The third-order valence-corrected chi connectivity index (χ3v) is 5.72. The molecule has 0 unspecified atom stereocenters. The Hall–Kier alpha value is -4.39. The number of nitrogens with zero attached hydrogens (tertiary/aromatic N) is 4. The lowest BCUT2D eigenvalue weighted by Crippen LogP contribution is -2.46. The molecule has 170 valence electrons. The zero-order valence-electron chi connectivity index (χ0n) is 18.7. The molecular weight excluding hydrogens is 426 g/mol. The van der Waals surface area contributed by atoms with E-state index in [0.717, 1.165) is 32.0 Å². The standard InChI is InChI=1S/C27H25N5O2/c33-27(23-13-7-8-14-24(23)34-22-11-5-2-6-12-22)30-25-19-26(29-20-28-25)32-17-15-31(16-18-32)21-9-3-1-4-10-21/h1-14,19-20H,15-18H2,(H,28,29,30,33). The Kier molecular flexibility index (Phi) is 6.34. The molecule has 1 aliphatic heterocycles. The summed E-state index contributed by atoms with van der Waals surface area (Å²) in [6.45, 7) is 3.49. The van der Waals surface area contributed by atoms with E-state index in [1.165, 1.54) is 12.0 Å². The Labute approximate surface area is 198 Å². The molecule has 5 rings (SSSR count). The van der Waals surface area contributed by atoms with Crippen LogP contribution in [0.5, 0.6) is 11.5 Å². The maximum absolute atomic E-state index is 13.0. The highest BCUT2D eigenvalue weighted by molar-refractivity contribution is 6.05. The molecule has 1 N–H and O–H groups in total. The zero-order valence-corrected chi connectivity index (χ0v) is 18.7. The van der Waals surface area contributed by atoms with E-state index in [-0.39, 0.29) is 5.91 Å². The number of hydrogen-bond acceptors (Lipinski definition) is 6. The SMILES string of the molecule is O=C(Nc1cc(N2CCN(c3ccccc3)CC2)ncn1)c1ccccc1Oc1ccccc1. The summed E-state index contributed by atoms with van der Waals surface area (Å²) in [5.41, 5.74) is 1.66. The number of nitrogens with one attached hydrogen (secondary N) is 1. The number of carbonyl (C=O) groups excluding carboxylic acids is 1. The number of hydrogen-bond donors (Lipinski definition) is 1. The molecule has 1 saturated heterocycles. The van der Waals surface area contributed by atoms with Gasteiger partial charge in [0.25, 0.3) is 5.91 Å². The molecular formula is C27H25N5O2. The van der Waals surface area contributed by atoms with Crippen molar-refractivity contribution in [1.82, 2.24) is 9.97 Å². The number of aromatic nitrogens is 2. The fourth-order valence-corrected chi connectivity index (χ4v) is 3.96. The molecule has 0 radical (unpaired) electrons. The van der Waals surface area contributed by atoms with Crippen LogP contribution in [0.1, 0.15) is 10.4 Å². The van der Waals surface area contributed by atoms with Crippen molar-refractivity contribution < 1.29 is 9.53 Å². The van der Waals surface area contributed by atoms with E-state index in [4.69, 9.17) is 4.74 Å². The van der Waals surface area contributed by atoms with E-state index < -0.39 is 0 Å². The number of anilines is 3. The van der Waals surface area contributed by atoms with Crippen LogP contribution in [0.4, 0.5) is 17.3 Å². The van der Waals surface area contributed by atoms with Gasteiger partial charge in [-0.1, -0.05) is 48.5 Å². The fraction of sp³-hybridized carbons (Fsp3) is 0.148. The summed E-state index contributed by atoms with van der Waals surface area (Å²) in [5.74, 6) is 2.12. The molecule has 1 aliphatic rings. The van der Waals surface area contributed by atoms with Gasteiger partial charge in [-0.05, 0) is 36.4 Å². The molecule has 0 spiro atoms. The lowest BCUT2D eigenvalue weighted by Gasteiger charge is -2.36. The Morgan fingerprint density at radius 1 is 0.765 bits per heavy atom.